The molecule has 21 heavy (non-hydrogen) atoms. The highest BCUT2D eigenvalue weighted by atomic mass is 32.1. The van der Waals surface area contributed by atoms with E-state index in [2.05, 4.69) is 11.9 Å². The summed E-state index contributed by atoms with van der Waals surface area (Å²) in [5.41, 5.74) is 4.29. The Morgan fingerprint density at radius 3 is 2.81 bits per heavy atom. The Morgan fingerprint density at radius 1 is 1.38 bits per heavy atom. The Morgan fingerprint density at radius 2 is 2.19 bits per heavy atom. The first-order valence-corrected chi connectivity index (χ1v) is 7.21. The van der Waals surface area contributed by atoms with Crippen LogP contribution in [0.25, 0.3) is 5.57 Å². The number of allylic oxidation sites excluding steroid dienone is 1. The van der Waals surface area contributed by atoms with Crippen LogP contribution in [0.2, 0.25) is 0 Å². The standard InChI is InChI=1S/C15H17N3O2S/c1-10(2)12-6-3-7-13(17-15(19)18-16)14(12)20-9-11-5-4-8-21-11/h3-8H,1,9,16H2,2H3,(H2,17,18,19). The summed E-state index contributed by atoms with van der Waals surface area (Å²) in [5.74, 6) is 5.69. The average molecular weight is 303 g/mol. The molecule has 4 N–H and O–H groups in total. The van der Waals surface area contributed by atoms with E-state index in [1.54, 1.807) is 17.4 Å². The van der Waals surface area contributed by atoms with Crippen LogP contribution in [0.5, 0.6) is 5.75 Å². The predicted octanol–water partition coefficient (Wildman–Crippen LogP) is 3.36. The maximum atomic E-state index is 11.4. The minimum Gasteiger partial charge on any atom is -0.485 e. The number of amides is 2. The van der Waals surface area contributed by atoms with Crippen molar-refractivity contribution >= 4 is 28.6 Å². The molecule has 1 aromatic heterocycles. The van der Waals surface area contributed by atoms with Crippen LogP contribution >= 0.6 is 11.3 Å². The molecule has 0 aliphatic rings. The number of nitrogens with one attached hydrogen (secondary N) is 2. The summed E-state index contributed by atoms with van der Waals surface area (Å²) in [4.78, 5) is 12.5. The summed E-state index contributed by atoms with van der Waals surface area (Å²) < 4.78 is 5.89. The number of rotatable bonds is 5. The van der Waals surface area contributed by atoms with Gasteiger partial charge in [0, 0.05) is 10.4 Å². The molecule has 2 amide bonds. The lowest BCUT2D eigenvalue weighted by Crippen LogP contribution is -2.34. The summed E-state index contributed by atoms with van der Waals surface area (Å²) in [6, 6.07) is 8.94. The minimum absolute atomic E-state index is 0.431. The Bertz CT molecular complexity index is 638. The number of carbonyl (C=O) groups excluding carboxylic acids is 1. The summed E-state index contributed by atoms with van der Waals surface area (Å²) in [6.07, 6.45) is 0. The van der Waals surface area contributed by atoms with E-state index in [0.29, 0.717) is 18.0 Å². The van der Waals surface area contributed by atoms with Gasteiger partial charge in [-0.25, -0.2) is 10.6 Å². The van der Waals surface area contributed by atoms with Crippen molar-refractivity contribution in [2.75, 3.05) is 5.32 Å². The molecule has 1 aromatic carbocycles. The fourth-order valence-corrected chi connectivity index (χ4v) is 2.44. The second kappa shape index (κ2) is 6.92. The molecule has 2 aromatic rings. The number of ether oxygens (including phenoxy) is 1. The number of thiophene rings is 1. The molecule has 110 valence electrons. The molecule has 0 atom stereocenters. The highest BCUT2D eigenvalue weighted by Gasteiger charge is 2.13. The minimum atomic E-state index is -0.505. The number of urea groups is 1. The van der Waals surface area contributed by atoms with E-state index < -0.39 is 6.03 Å². The highest BCUT2D eigenvalue weighted by Crippen LogP contribution is 2.34. The lowest BCUT2D eigenvalue weighted by molar-refractivity contribution is 0.252. The van der Waals surface area contributed by atoms with E-state index in [9.17, 15) is 4.79 Å². The molecule has 0 bridgehead atoms. The molecule has 0 saturated heterocycles. The molecule has 1 heterocycles. The lowest BCUT2D eigenvalue weighted by atomic mass is 10.1. The van der Waals surface area contributed by atoms with Gasteiger partial charge in [-0.15, -0.1) is 11.3 Å². The van der Waals surface area contributed by atoms with Crippen molar-refractivity contribution in [1.82, 2.24) is 5.43 Å². The fraction of sp³-hybridized carbons (Fsp3) is 0.133. The van der Waals surface area contributed by atoms with Crippen LogP contribution in [0.3, 0.4) is 0 Å². The first-order chi connectivity index (χ1) is 10.1. The van der Waals surface area contributed by atoms with E-state index in [-0.39, 0.29) is 0 Å². The molecular weight excluding hydrogens is 286 g/mol. The zero-order chi connectivity index (χ0) is 15.2. The fourth-order valence-electron chi connectivity index (χ4n) is 1.82. The van der Waals surface area contributed by atoms with Gasteiger partial charge >= 0.3 is 6.03 Å². The van der Waals surface area contributed by atoms with Gasteiger partial charge in [0.05, 0.1) is 5.69 Å². The number of nitrogens with two attached hydrogens (primary N) is 1. The molecule has 0 saturated carbocycles. The Balaban J connectivity index is 2.29. The van der Waals surface area contributed by atoms with E-state index in [1.807, 2.05) is 42.0 Å². The smallest absolute Gasteiger partial charge is 0.333 e. The molecule has 0 fully saturated rings. The maximum absolute atomic E-state index is 11.4. The summed E-state index contributed by atoms with van der Waals surface area (Å²) in [5, 5.41) is 4.64. The SMILES string of the molecule is C=C(C)c1cccc(NC(=O)NN)c1OCc1cccs1. The third-order valence-corrected chi connectivity index (χ3v) is 3.64. The molecule has 0 radical (unpaired) electrons. The third kappa shape index (κ3) is 3.84. The van der Waals surface area contributed by atoms with Crippen molar-refractivity contribution in [3.8, 4) is 5.75 Å². The van der Waals surface area contributed by atoms with Gasteiger partial charge in [0.1, 0.15) is 6.61 Å². The van der Waals surface area contributed by atoms with E-state index in [4.69, 9.17) is 10.6 Å². The monoisotopic (exact) mass is 303 g/mol. The van der Waals surface area contributed by atoms with Gasteiger partial charge in [0.25, 0.3) is 0 Å². The molecule has 5 nitrogen and oxygen atoms in total. The second-order valence-corrected chi connectivity index (χ2v) is 5.46. The van der Waals surface area contributed by atoms with Crippen LogP contribution in [0.1, 0.15) is 17.4 Å². The summed E-state index contributed by atoms with van der Waals surface area (Å²) >= 11 is 1.61. The van der Waals surface area contributed by atoms with Crippen molar-refractivity contribution in [2.24, 2.45) is 5.84 Å². The van der Waals surface area contributed by atoms with Crippen LogP contribution in [0, 0.1) is 0 Å². The number of para-hydroxylation sites is 1. The third-order valence-electron chi connectivity index (χ3n) is 2.79. The van der Waals surface area contributed by atoms with Gasteiger partial charge in [0.2, 0.25) is 0 Å². The van der Waals surface area contributed by atoms with E-state index in [0.717, 1.165) is 16.0 Å². The summed E-state index contributed by atoms with van der Waals surface area (Å²) in [6.45, 7) is 6.26. The van der Waals surface area contributed by atoms with Gasteiger partial charge in [0.15, 0.2) is 5.75 Å². The molecule has 0 aliphatic heterocycles. The van der Waals surface area contributed by atoms with Gasteiger partial charge in [-0.3, -0.25) is 5.43 Å². The Kier molecular flexibility index (Phi) is 4.97. The first kappa shape index (κ1) is 15.1. The van der Waals surface area contributed by atoms with E-state index >= 15 is 0 Å². The highest BCUT2D eigenvalue weighted by molar-refractivity contribution is 7.09. The van der Waals surface area contributed by atoms with Crippen LogP contribution in [0.4, 0.5) is 10.5 Å². The van der Waals surface area contributed by atoms with Crippen LogP contribution in [-0.4, -0.2) is 6.03 Å². The predicted molar refractivity (Wildman–Crippen MR) is 86.1 cm³/mol. The largest absolute Gasteiger partial charge is 0.485 e. The first-order valence-electron chi connectivity index (χ1n) is 6.33. The maximum Gasteiger partial charge on any atom is 0.333 e. The molecule has 2 rings (SSSR count). The second-order valence-electron chi connectivity index (χ2n) is 4.43. The molecule has 6 heteroatoms. The van der Waals surface area contributed by atoms with Gasteiger partial charge in [-0.1, -0.05) is 24.8 Å². The average Bonchev–Trinajstić information content (AvgIpc) is 2.98. The number of hydrogen-bond acceptors (Lipinski definition) is 4. The zero-order valence-corrected chi connectivity index (χ0v) is 12.5. The van der Waals surface area contributed by atoms with Crippen LogP contribution in [0.15, 0.2) is 42.3 Å². The van der Waals surface area contributed by atoms with Gasteiger partial charge in [-0.05, 0) is 30.0 Å². The van der Waals surface area contributed by atoms with Crippen LogP contribution in [-0.2, 0) is 6.61 Å². The summed E-state index contributed by atoms with van der Waals surface area (Å²) in [7, 11) is 0. The van der Waals surface area contributed by atoms with Crippen molar-refractivity contribution in [2.45, 2.75) is 13.5 Å². The van der Waals surface area contributed by atoms with Crippen molar-refractivity contribution < 1.29 is 9.53 Å². The van der Waals surface area contributed by atoms with Crippen molar-refractivity contribution in [1.29, 1.82) is 0 Å². The van der Waals surface area contributed by atoms with Crippen molar-refractivity contribution in [3.63, 3.8) is 0 Å². The molecule has 0 unspecified atom stereocenters. The Hall–Kier alpha value is -2.31. The number of hydrazine groups is 1. The Labute approximate surface area is 127 Å². The molecule has 0 spiro atoms. The zero-order valence-electron chi connectivity index (χ0n) is 11.7. The quantitative estimate of drug-likeness (QED) is 0.450. The molecular formula is C15H17N3O2S. The van der Waals surface area contributed by atoms with Gasteiger partial charge < -0.3 is 10.1 Å². The number of anilines is 1. The van der Waals surface area contributed by atoms with Crippen LogP contribution < -0.4 is 21.3 Å². The van der Waals surface area contributed by atoms with Gasteiger partial charge in [-0.2, -0.15) is 0 Å². The lowest BCUT2D eigenvalue weighted by Gasteiger charge is -2.16. The number of carbonyl (C=O) groups is 1. The normalized spacial score (nSPS) is 10.0. The number of benzene rings is 1. The molecule has 0 aliphatic carbocycles. The number of hydrogen-bond donors (Lipinski definition) is 3. The van der Waals surface area contributed by atoms with Crippen molar-refractivity contribution in [3.05, 3.63) is 52.7 Å². The van der Waals surface area contributed by atoms with E-state index in [1.165, 1.54) is 0 Å². The topological polar surface area (TPSA) is 76.4 Å².